The summed E-state index contributed by atoms with van der Waals surface area (Å²) in [5.74, 6) is 0.398. The zero-order valence-corrected chi connectivity index (χ0v) is 7.43. The van der Waals surface area contributed by atoms with Crippen LogP contribution in [0.5, 0.6) is 5.88 Å². The Morgan fingerprint density at radius 1 is 1.67 bits per heavy atom. The number of methoxy groups -OCH3 is 1. The maximum Gasteiger partial charge on any atom is 0.223 e. The number of pyridine rings is 1. The summed E-state index contributed by atoms with van der Waals surface area (Å²) >= 11 is 5.64. The molecule has 1 heterocycles. The molecule has 0 amide bonds. The van der Waals surface area contributed by atoms with Crippen molar-refractivity contribution in [2.75, 3.05) is 7.11 Å². The normalized spacial score (nSPS) is 9.50. The highest BCUT2D eigenvalue weighted by atomic mass is 35.5. The molecule has 0 atom stereocenters. The van der Waals surface area contributed by atoms with Crippen LogP contribution in [0.4, 0.5) is 0 Å². The molecule has 0 aliphatic carbocycles. The van der Waals surface area contributed by atoms with Gasteiger partial charge in [0.15, 0.2) is 0 Å². The number of halogens is 1. The second-order valence-electron chi connectivity index (χ2n) is 2.22. The van der Waals surface area contributed by atoms with Crippen molar-refractivity contribution in [1.82, 2.24) is 4.98 Å². The smallest absolute Gasteiger partial charge is 0.223 e. The van der Waals surface area contributed by atoms with E-state index in [1.807, 2.05) is 0 Å². The number of nitrogens with two attached hydrogens (primary N) is 1. The van der Waals surface area contributed by atoms with Gasteiger partial charge in [0.2, 0.25) is 5.88 Å². The van der Waals surface area contributed by atoms with Gasteiger partial charge in [0, 0.05) is 5.70 Å². The van der Waals surface area contributed by atoms with E-state index in [4.69, 9.17) is 22.1 Å². The molecule has 12 heavy (non-hydrogen) atoms. The summed E-state index contributed by atoms with van der Waals surface area (Å²) in [6.45, 7) is 3.58. The highest BCUT2D eigenvalue weighted by Gasteiger charge is 2.05. The van der Waals surface area contributed by atoms with Crippen molar-refractivity contribution < 1.29 is 4.74 Å². The minimum atomic E-state index is 0.372. The first-order chi connectivity index (χ1) is 5.65. The maximum atomic E-state index is 5.64. The van der Waals surface area contributed by atoms with Crippen LogP contribution in [0, 0.1) is 0 Å². The second-order valence-corrected chi connectivity index (χ2v) is 2.60. The van der Waals surface area contributed by atoms with Crippen molar-refractivity contribution in [3.05, 3.63) is 29.4 Å². The Bertz CT molecular complexity index is 312. The van der Waals surface area contributed by atoms with Gasteiger partial charge in [0.25, 0.3) is 0 Å². The lowest BCUT2D eigenvalue weighted by Gasteiger charge is -2.05. The molecular weight excluding hydrogens is 176 g/mol. The third-order valence-corrected chi connectivity index (χ3v) is 1.58. The van der Waals surface area contributed by atoms with Crippen LogP contribution in [0.15, 0.2) is 18.7 Å². The van der Waals surface area contributed by atoms with Crippen molar-refractivity contribution in [2.45, 2.75) is 0 Å². The van der Waals surface area contributed by atoms with Gasteiger partial charge in [-0.05, 0) is 12.1 Å². The lowest BCUT2D eigenvalue weighted by atomic mass is 10.2. The minimum Gasteiger partial charge on any atom is -0.480 e. The van der Waals surface area contributed by atoms with E-state index in [9.17, 15) is 0 Å². The summed E-state index contributed by atoms with van der Waals surface area (Å²) in [5.41, 5.74) is 6.56. The molecule has 3 nitrogen and oxygen atoms in total. The Kier molecular flexibility index (Phi) is 2.55. The van der Waals surface area contributed by atoms with Gasteiger partial charge in [-0.1, -0.05) is 18.2 Å². The molecule has 0 saturated heterocycles. The molecule has 0 radical (unpaired) electrons. The quantitative estimate of drug-likeness (QED) is 0.712. The SMILES string of the molecule is C=C(N)c1ccc(Cl)nc1OC. The molecule has 0 spiro atoms. The van der Waals surface area contributed by atoms with Crippen LogP contribution in [-0.4, -0.2) is 12.1 Å². The molecule has 0 aliphatic rings. The number of nitrogens with zero attached hydrogens (tertiary/aromatic N) is 1. The van der Waals surface area contributed by atoms with E-state index in [-0.39, 0.29) is 0 Å². The van der Waals surface area contributed by atoms with Crippen molar-refractivity contribution in [1.29, 1.82) is 0 Å². The molecule has 1 aromatic heterocycles. The molecule has 64 valence electrons. The van der Waals surface area contributed by atoms with E-state index in [0.29, 0.717) is 22.3 Å². The molecule has 4 heteroatoms. The van der Waals surface area contributed by atoms with Gasteiger partial charge in [-0.25, -0.2) is 4.98 Å². The molecule has 1 rings (SSSR count). The number of aromatic nitrogens is 1. The molecule has 1 aromatic rings. The number of rotatable bonds is 2. The Labute approximate surface area is 75.8 Å². The van der Waals surface area contributed by atoms with Crippen LogP contribution >= 0.6 is 11.6 Å². The number of hydrogen-bond donors (Lipinski definition) is 1. The van der Waals surface area contributed by atoms with E-state index in [1.165, 1.54) is 7.11 Å². The summed E-state index contributed by atoms with van der Waals surface area (Å²) in [6.07, 6.45) is 0. The summed E-state index contributed by atoms with van der Waals surface area (Å²) in [6, 6.07) is 3.36. The van der Waals surface area contributed by atoms with Gasteiger partial charge in [-0.2, -0.15) is 0 Å². The predicted molar refractivity (Wildman–Crippen MR) is 49.0 cm³/mol. The number of ether oxygens (including phenoxy) is 1. The maximum absolute atomic E-state index is 5.64. The van der Waals surface area contributed by atoms with E-state index >= 15 is 0 Å². The van der Waals surface area contributed by atoms with E-state index in [0.717, 1.165) is 0 Å². The summed E-state index contributed by atoms with van der Waals surface area (Å²) in [5, 5.41) is 0.372. The largest absolute Gasteiger partial charge is 0.480 e. The Morgan fingerprint density at radius 2 is 2.33 bits per heavy atom. The van der Waals surface area contributed by atoms with E-state index in [1.54, 1.807) is 12.1 Å². The van der Waals surface area contributed by atoms with Gasteiger partial charge in [-0.3, -0.25) is 0 Å². The van der Waals surface area contributed by atoms with E-state index < -0.39 is 0 Å². The molecule has 2 N–H and O–H groups in total. The third-order valence-electron chi connectivity index (χ3n) is 1.37. The molecule has 0 aromatic carbocycles. The van der Waals surface area contributed by atoms with Crippen molar-refractivity contribution >= 4 is 17.3 Å². The van der Waals surface area contributed by atoms with Crippen LogP contribution in [0.25, 0.3) is 5.70 Å². The van der Waals surface area contributed by atoms with Crippen molar-refractivity contribution in [2.24, 2.45) is 5.73 Å². The van der Waals surface area contributed by atoms with Crippen LogP contribution in [0.2, 0.25) is 5.15 Å². The molecule has 0 aliphatic heterocycles. The van der Waals surface area contributed by atoms with Crippen molar-refractivity contribution in [3.63, 3.8) is 0 Å². The fourth-order valence-corrected chi connectivity index (χ4v) is 0.958. The average molecular weight is 185 g/mol. The molecule has 0 fully saturated rings. The van der Waals surface area contributed by atoms with Gasteiger partial charge >= 0.3 is 0 Å². The van der Waals surface area contributed by atoms with Crippen LogP contribution in [0.3, 0.4) is 0 Å². The lowest BCUT2D eigenvalue weighted by Crippen LogP contribution is -1.99. The van der Waals surface area contributed by atoms with Gasteiger partial charge in [0.1, 0.15) is 5.15 Å². The highest BCUT2D eigenvalue weighted by Crippen LogP contribution is 2.21. The van der Waals surface area contributed by atoms with Gasteiger partial charge in [0.05, 0.1) is 12.7 Å². The molecule has 0 bridgehead atoms. The summed E-state index contributed by atoms with van der Waals surface area (Å²) < 4.78 is 4.95. The van der Waals surface area contributed by atoms with Crippen LogP contribution < -0.4 is 10.5 Å². The monoisotopic (exact) mass is 184 g/mol. The van der Waals surface area contributed by atoms with Gasteiger partial charge in [-0.15, -0.1) is 0 Å². The van der Waals surface area contributed by atoms with Crippen LogP contribution in [0.1, 0.15) is 5.56 Å². The predicted octanol–water partition coefficient (Wildman–Crippen LogP) is 1.67. The first-order valence-electron chi connectivity index (χ1n) is 3.30. The van der Waals surface area contributed by atoms with Crippen molar-refractivity contribution in [3.8, 4) is 5.88 Å². The standard InChI is InChI=1S/C8H9ClN2O/c1-5(10)6-3-4-7(9)11-8(6)12-2/h3-4H,1,10H2,2H3. The zero-order valence-electron chi connectivity index (χ0n) is 6.67. The molecular formula is C8H9ClN2O. The molecule has 0 saturated carbocycles. The number of hydrogen-bond acceptors (Lipinski definition) is 3. The Morgan fingerprint density at radius 3 is 2.83 bits per heavy atom. The zero-order chi connectivity index (χ0) is 9.14. The third kappa shape index (κ3) is 1.68. The second kappa shape index (κ2) is 3.45. The minimum absolute atomic E-state index is 0.372. The highest BCUT2D eigenvalue weighted by molar-refractivity contribution is 6.29. The summed E-state index contributed by atoms with van der Waals surface area (Å²) in [7, 11) is 1.51. The van der Waals surface area contributed by atoms with Gasteiger partial charge < -0.3 is 10.5 Å². The Balaban J connectivity index is 3.20. The topological polar surface area (TPSA) is 48.1 Å². The fraction of sp³-hybridized carbons (Fsp3) is 0.125. The van der Waals surface area contributed by atoms with Crippen LogP contribution in [-0.2, 0) is 0 Å². The molecule has 0 unspecified atom stereocenters. The fourth-order valence-electron chi connectivity index (χ4n) is 0.818. The van der Waals surface area contributed by atoms with E-state index in [2.05, 4.69) is 11.6 Å². The lowest BCUT2D eigenvalue weighted by molar-refractivity contribution is 0.396. The first kappa shape index (κ1) is 8.87. The Hall–Kier alpha value is -1.22. The average Bonchev–Trinajstić information content (AvgIpc) is 2.03. The summed E-state index contributed by atoms with van der Waals surface area (Å²) in [4.78, 5) is 3.92. The first-order valence-corrected chi connectivity index (χ1v) is 3.68.